The Morgan fingerprint density at radius 1 is 1.23 bits per heavy atom. The second kappa shape index (κ2) is 3.32. The molecule has 1 aromatic heterocycles. The van der Waals surface area contributed by atoms with Crippen molar-refractivity contribution in [2.45, 2.75) is 12.2 Å². The van der Waals surface area contributed by atoms with Crippen LogP contribution in [0.15, 0.2) is 24.4 Å². The summed E-state index contributed by atoms with van der Waals surface area (Å²) in [5.41, 5.74) is 0. The third-order valence-corrected chi connectivity index (χ3v) is 2.23. The lowest BCUT2D eigenvalue weighted by atomic mass is 10.3. The van der Waals surface area contributed by atoms with Gasteiger partial charge in [0, 0.05) is 19.3 Å². The van der Waals surface area contributed by atoms with Crippen LogP contribution in [0.25, 0.3) is 0 Å². The summed E-state index contributed by atoms with van der Waals surface area (Å²) in [6.07, 6.45) is 0.399. The molecular formula is C9H12N2O2. The van der Waals surface area contributed by atoms with Gasteiger partial charge in [-0.1, -0.05) is 6.07 Å². The zero-order valence-corrected chi connectivity index (χ0v) is 7.17. The first-order valence-corrected chi connectivity index (χ1v) is 4.29. The van der Waals surface area contributed by atoms with Crippen molar-refractivity contribution in [3.8, 4) is 0 Å². The van der Waals surface area contributed by atoms with E-state index in [2.05, 4.69) is 4.98 Å². The molecule has 0 aromatic carbocycles. The Morgan fingerprint density at radius 3 is 2.46 bits per heavy atom. The summed E-state index contributed by atoms with van der Waals surface area (Å²) in [7, 11) is 0. The third-order valence-electron chi connectivity index (χ3n) is 2.23. The highest BCUT2D eigenvalue weighted by Gasteiger charge is 2.29. The Hall–Kier alpha value is -1.13. The molecule has 0 spiro atoms. The van der Waals surface area contributed by atoms with Crippen LogP contribution in [0.2, 0.25) is 0 Å². The number of pyridine rings is 1. The molecule has 2 atom stereocenters. The van der Waals surface area contributed by atoms with E-state index in [1.54, 1.807) is 6.20 Å². The number of aliphatic hydroxyl groups excluding tert-OH is 2. The lowest BCUT2D eigenvalue weighted by molar-refractivity contribution is 0.0572. The van der Waals surface area contributed by atoms with Gasteiger partial charge in [0.15, 0.2) is 0 Å². The zero-order chi connectivity index (χ0) is 9.26. The van der Waals surface area contributed by atoms with Crippen LogP contribution in [0, 0.1) is 0 Å². The van der Waals surface area contributed by atoms with Gasteiger partial charge in [0.05, 0.1) is 12.2 Å². The Bertz CT molecular complexity index is 268. The quantitative estimate of drug-likeness (QED) is 0.618. The number of aliphatic hydroxyl groups is 2. The normalized spacial score (nSPS) is 28.0. The molecule has 0 saturated carbocycles. The summed E-state index contributed by atoms with van der Waals surface area (Å²) in [6, 6.07) is 5.59. The molecule has 13 heavy (non-hydrogen) atoms. The van der Waals surface area contributed by atoms with Crippen LogP contribution in [0.4, 0.5) is 5.82 Å². The van der Waals surface area contributed by atoms with Gasteiger partial charge in [-0.3, -0.25) is 0 Å². The van der Waals surface area contributed by atoms with E-state index in [-0.39, 0.29) is 0 Å². The number of nitrogens with zero attached hydrogens (tertiary/aromatic N) is 2. The number of rotatable bonds is 1. The molecule has 1 aliphatic rings. The SMILES string of the molecule is O[C@@H]1CN(c2ccccn2)C[C@H]1O. The first kappa shape index (κ1) is 8.47. The molecule has 1 aliphatic heterocycles. The predicted molar refractivity (Wildman–Crippen MR) is 48.5 cm³/mol. The first-order valence-electron chi connectivity index (χ1n) is 4.29. The molecule has 4 heteroatoms. The van der Waals surface area contributed by atoms with E-state index in [0.717, 1.165) is 5.82 Å². The smallest absolute Gasteiger partial charge is 0.128 e. The maximum Gasteiger partial charge on any atom is 0.128 e. The van der Waals surface area contributed by atoms with E-state index in [4.69, 9.17) is 0 Å². The average Bonchev–Trinajstić information content (AvgIpc) is 2.49. The van der Waals surface area contributed by atoms with Gasteiger partial charge in [0.25, 0.3) is 0 Å². The highest BCUT2D eigenvalue weighted by atomic mass is 16.3. The largest absolute Gasteiger partial charge is 0.389 e. The van der Waals surface area contributed by atoms with Gasteiger partial charge in [-0.2, -0.15) is 0 Å². The van der Waals surface area contributed by atoms with Crippen LogP contribution in [0.3, 0.4) is 0 Å². The molecule has 0 amide bonds. The van der Waals surface area contributed by atoms with Crippen LogP contribution in [-0.2, 0) is 0 Å². The summed E-state index contributed by atoms with van der Waals surface area (Å²) in [6.45, 7) is 0.913. The van der Waals surface area contributed by atoms with Crippen molar-refractivity contribution in [2.75, 3.05) is 18.0 Å². The molecule has 2 rings (SSSR count). The minimum absolute atomic E-state index is 0.457. The van der Waals surface area contributed by atoms with Crippen molar-refractivity contribution in [3.05, 3.63) is 24.4 Å². The van der Waals surface area contributed by atoms with E-state index < -0.39 is 12.2 Å². The summed E-state index contributed by atoms with van der Waals surface area (Å²) in [5, 5.41) is 18.6. The van der Waals surface area contributed by atoms with Crippen LogP contribution in [0.1, 0.15) is 0 Å². The number of anilines is 1. The Balaban J connectivity index is 2.12. The summed E-state index contributed by atoms with van der Waals surface area (Å²) in [5.74, 6) is 0.804. The van der Waals surface area contributed by atoms with Crippen LogP contribution < -0.4 is 4.90 Å². The van der Waals surface area contributed by atoms with Gasteiger partial charge in [-0.15, -0.1) is 0 Å². The van der Waals surface area contributed by atoms with Gasteiger partial charge in [0.1, 0.15) is 5.82 Å². The minimum Gasteiger partial charge on any atom is -0.389 e. The maximum atomic E-state index is 9.31. The summed E-state index contributed by atoms with van der Waals surface area (Å²) >= 11 is 0. The maximum absolute atomic E-state index is 9.31. The average molecular weight is 180 g/mol. The number of β-amino-alcohol motifs (C(OH)–C–C–N with tert-alkyl or cyclic N) is 2. The zero-order valence-electron chi connectivity index (χ0n) is 7.17. The lowest BCUT2D eigenvalue weighted by Gasteiger charge is -2.15. The van der Waals surface area contributed by atoms with Gasteiger partial charge in [-0.25, -0.2) is 4.98 Å². The summed E-state index contributed by atoms with van der Waals surface area (Å²) in [4.78, 5) is 6.00. The fourth-order valence-electron chi connectivity index (χ4n) is 1.50. The van der Waals surface area contributed by atoms with E-state index in [1.807, 2.05) is 23.1 Å². The molecule has 1 aromatic rings. The van der Waals surface area contributed by atoms with Gasteiger partial charge in [-0.05, 0) is 12.1 Å². The summed E-state index contributed by atoms with van der Waals surface area (Å²) < 4.78 is 0. The van der Waals surface area contributed by atoms with Gasteiger partial charge < -0.3 is 15.1 Å². The Morgan fingerprint density at radius 2 is 1.92 bits per heavy atom. The highest BCUT2D eigenvalue weighted by Crippen LogP contribution is 2.17. The van der Waals surface area contributed by atoms with Crippen molar-refractivity contribution in [2.24, 2.45) is 0 Å². The second-order valence-electron chi connectivity index (χ2n) is 3.23. The highest BCUT2D eigenvalue weighted by molar-refractivity contribution is 5.39. The van der Waals surface area contributed by atoms with E-state index in [1.165, 1.54) is 0 Å². The molecule has 70 valence electrons. The van der Waals surface area contributed by atoms with Crippen molar-refractivity contribution < 1.29 is 10.2 Å². The van der Waals surface area contributed by atoms with Crippen LogP contribution >= 0.6 is 0 Å². The molecule has 0 bridgehead atoms. The predicted octanol–water partition coefficient (Wildman–Crippen LogP) is -0.377. The van der Waals surface area contributed by atoms with Gasteiger partial charge >= 0.3 is 0 Å². The van der Waals surface area contributed by atoms with Crippen LogP contribution in [-0.4, -0.2) is 40.5 Å². The van der Waals surface area contributed by atoms with Crippen molar-refractivity contribution in [3.63, 3.8) is 0 Å². The minimum atomic E-state index is -0.651. The molecule has 0 unspecified atom stereocenters. The van der Waals surface area contributed by atoms with Crippen molar-refractivity contribution in [1.29, 1.82) is 0 Å². The fraction of sp³-hybridized carbons (Fsp3) is 0.444. The molecule has 0 radical (unpaired) electrons. The van der Waals surface area contributed by atoms with E-state index in [9.17, 15) is 10.2 Å². The third kappa shape index (κ3) is 1.64. The monoisotopic (exact) mass is 180 g/mol. The first-order chi connectivity index (χ1) is 6.27. The Labute approximate surface area is 76.5 Å². The van der Waals surface area contributed by atoms with Crippen molar-refractivity contribution >= 4 is 5.82 Å². The van der Waals surface area contributed by atoms with Crippen molar-refractivity contribution in [1.82, 2.24) is 4.98 Å². The topological polar surface area (TPSA) is 56.6 Å². The molecule has 1 saturated heterocycles. The van der Waals surface area contributed by atoms with E-state index in [0.29, 0.717) is 13.1 Å². The number of hydrogen-bond acceptors (Lipinski definition) is 4. The number of aromatic nitrogens is 1. The molecule has 2 N–H and O–H groups in total. The Kier molecular flexibility index (Phi) is 2.16. The van der Waals surface area contributed by atoms with Gasteiger partial charge in [0.2, 0.25) is 0 Å². The molecule has 0 aliphatic carbocycles. The standard InChI is InChI=1S/C9H12N2O2/c12-7-5-11(6-8(7)13)9-3-1-2-4-10-9/h1-4,7-8,12-13H,5-6H2/t7-,8-/m1/s1. The molecule has 4 nitrogen and oxygen atoms in total. The molecule has 2 heterocycles. The van der Waals surface area contributed by atoms with E-state index >= 15 is 0 Å². The number of hydrogen-bond donors (Lipinski definition) is 2. The lowest BCUT2D eigenvalue weighted by Crippen LogP contribution is -2.22. The second-order valence-corrected chi connectivity index (χ2v) is 3.23. The molecular weight excluding hydrogens is 168 g/mol. The van der Waals surface area contributed by atoms with Crippen LogP contribution in [0.5, 0.6) is 0 Å². The molecule has 1 fully saturated rings. The fourth-order valence-corrected chi connectivity index (χ4v) is 1.50.